The highest BCUT2D eigenvalue weighted by Crippen LogP contribution is 2.32. The second-order valence-corrected chi connectivity index (χ2v) is 4.20. The number of halogens is 1. The lowest BCUT2D eigenvalue weighted by Crippen LogP contribution is -1.98. The molecule has 0 spiro atoms. The molecule has 14 heavy (non-hydrogen) atoms. The van der Waals surface area contributed by atoms with Gasteiger partial charge in [-0.25, -0.2) is 0 Å². The molecule has 0 aromatic heterocycles. The molecule has 1 aliphatic carbocycles. The van der Waals surface area contributed by atoms with Crippen molar-refractivity contribution in [2.75, 3.05) is 6.61 Å². The molecule has 0 saturated heterocycles. The van der Waals surface area contributed by atoms with Crippen molar-refractivity contribution in [3.8, 4) is 5.75 Å². The van der Waals surface area contributed by atoms with Crippen LogP contribution in [0.4, 0.5) is 0 Å². The van der Waals surface area contributed by atoms with E-state index in [9.17, 15) is 0 Å². The quantitative estimate of drug-likeness (QED) is 0.779. The number of allylic oxidation sites excluding steroid dienone is 1. The average molecular weight is 253 g/mol. The molecule has 0 heterocycles. The van der Waals surface area contributed by atoms with Crippen LogP contribution in [0.25, 0.3) is 4.48 Å². The largest absolute Gasteiger partial charge is 0.494 e. The van der Waals surface area contributed by atoms with Gasteiger partial charge in [0.1, 0.15) is 5.75 Å². The van der Waals surface area contributed by atoms with Gasteiger partial charge in [0.25, 0.3) is 0 Å². The molecule has 1 nitrogen and oxygen atoms in total. The van der Waals surface area contributed by atoms with E-state index in [1.54, 1.807) is 0 Å². The number of hydrogen-bond acceptors (Lipinski definition) is 1. The highest BCUT2D eigenvalue weighted by Gasteiger charge is 2.10. The Morgan fingerprint density at radius 1 is 1.43 bits per heavy atom. The summed E-state index contributed by atoms with van der Waals surface area (Å²) in [6, 6.07) is 6.30. The maximum Gasteiger partial charge on any atom is 0.119 e. The first kappa shape index (κ1) is 9.78. The molecular formula is C12H13BrO. The van der Waals surface area contributed by atoms with Crippen LogP contribution in [0.5, 0.6) is 5.75 Å². The summed E-state index contributed by atoms with van der Waals surface area (Å²) in [4.78, 5) is 0. The predicted molar refractivity (Wildman–Crippen MR) is 62.8 cm³/mol. The van der Waals surface area contributed by atoms with Crippen LogP contribution in [0.2, 0.25) is 0 Å². The second-order valence-electron chi connectivity index (χ2n) is 3.34. The van der Waals surface area contributed by atoms with Crippen LogP contribution in [0, 0.1) is 0 Å². The molecule has 0 fully saturated rings. The van der Waals surface area contributed by atoms with Crippen molar-refractivity contribution in [1.82, 2.24) is 0 Å². The zero-order valence-corrected chi connectivity index (χ0v) is 9.80. The lowest BCUT2D eigenvalue weighted by molar-refractivity contribution is 0.340. The summed E-state index contributed by atoms with van der Waals surface area (Å²) in [5.41, 5.74) is 2.69. The third-order valence-electron chi connectivity index (χ3n) is 2.38. The third-order valence-corrected chi connectivity index (χ3v) is 3.13. The van der Waals surface area contributed by atoms with Gasteiger partial charge in [0.2, 0.25) is 0 Å². The summed E-state index contributed by atoms with van der Waals surface area (Å²) in [5.74, 6) is 0.980. The summed E-state index contributed by atoms with van der Waals surface area (Å²) in [7, 11) is 0. The summed E-state index contributed by atoms with van der Waals surface area (Å²) in [6.07, 6.45) is 4.46. The van der Waals surface area contributed by atoms with E-state index in [2.05, 4.69) is 34.1 Å². The number of benzene rings is 1. The minimum atomic E-state index is 0.732. The van der Waals surface area contributed by atoms with Crippen LogP contribution in [-0.4, -0.2) is 6.61 Å². The van der Waals surface area contributed by atoms with Gasteiger partial charge in [-0.2, -0.15) is 0 Å². The minimum absolute atomic E-state index is 0.732. The van der Waals surface area contributed by atoms with Gasteiger partial charge in [-0.3, -0.25) is 0 Å². The average Bonchev–Trinajstić information content (AvgIpc) is 2.18. The Bertz CT molecular complexity index is 369. The molecule has 1 aromatic carbocycles. The lowest BCUT2D eigenvalue weighted by atomic mass is 9.97. The van der Waals surface area contributed by atoms with Crippen molar-refractivity contribution in [3.63, 3.8) is 0 Å². The monoisotopic (exact) mass is 252 g/mol. The lowest BCUT2D eigenvalue weighted by Gasteiger charge is -2.15. The van der Waals surface area contributed by atoms with Crippen LogP contribution >= 0.6 is 15.9 Å². The maximum absolute atomic E-state index is 5.47. The Kier molecular flexibility index (Phi) is 2.92. The summed E-state index contributed by atoms with van der Waals surface area (Å²) in [5, 5.41) is 0. The van der Waals surface area contributed by atoms with Crippen LogP contribution in [0.1, 0.15) is 24.5 Å². The molecule has 0 saturated carbocycles. The van der Waals surface area contributed by atoms with Gasteiger partial charge >= 0.3 is 0 Å². The highest BCUT2D eigenvalue weighted by molar-refractivity contribution is 9.15. The minimum Gasteiger partial charge on any atom is -0.494 e. The van der Waals surface area contributed by atoms with Gasteiger partial charge in [-0.05, 0) is 49.1 Å². The number of ether oxygens (including phenoxy) is 1. The fraction of sp³-hybridized carbons (Fsp3) is 0.333. The van der Waals surface area contributed by atoms with E-state index in [0.29, 0.717) is 0 Å². The van der Waals surface area contributed by atoms with E-state index in [0.717, 1.165) is 25.2 Å². The number of rotatable bonds is 2. The van der Waals surface area contributed by atoms with Crippen LogP contribution in [0.15, 0.2) is 24.3 Å². The zero-order chi connectivity index (χ0) is 9.97. The van der Waals surface area contributed by atoms with Crippen LogP contribution in [0.3, 0.4) is 0 Å². The molecule has 0 N–H and O–H groups in total. The summed E-state index contributed by atoms with van der Waals surface area (Å²) in [6.45, 7) is 2.74. The van der Waals surface area contributed by atoms with Gasteiger partial charge in [0.15, 0.2) is 0 Å². The van der Waals surface area contributed by atoms with E-state index in [1.807, 2.05) is 13.0 Å². The molecular weight excluding hydrogens is 240 g/mol. The molecule has 0 amide bonds. The van der Waals surface area contributed by atoms with E-state index < -0.39 is 0 Å². The fourth-order valence-corrected chi connectivity index (χ4v) is 2.35. The molecule has 0 atom stereocenters. The molecule has 2 rings (SSSR count). The number of fused-ring (bicyclic) bond motifs is 1. The predicted octanol–water partition coefficient (Wildman–Crippen LogP) is 3.77. The van der Waals surface area contributed by atoms with Gasteiger partial charge in [0.05, 0.1) is 6.61 Å². The van der Waals surface area contributed by atoms with Gasteiger partial charge in [-0.1, -0.05) is 22.0 Å². The second kappa shape index (κ2) is 4.18. The van der Waals surface area contributed by atoms with Gasteiger partial charge in [0, 0.05) is 4.48 Å². The van der Waals surface area contributed by atoms with Crippen molar-refractivity contribution in [3.05, 3.63) is 35.4 Å². The first-order valence-corrected chi connectivity index (χ1v) is 5.72. The van der Waals surface area contributed by atoms with E-state index in [1.165, 1.54) is 15.6 Å². The first-order chi connectivity index (χ1) is 6.81. The van der Waals surface area contributed by atoms with E-state index in [4.69, 9.17) is 4.74 Å². The molecule has 0 aliphatic heterocycles. The molecule has 0 bridgehead atoms. The highest BCUT2D eigenvalue weighted by atomic mass is 79.9. The Hall–Kier alpha value is -0.760. The Morgan fingerprint density at radius 2 is 2.29 bits per heavy atom. The Morgan fingerprint density at radius 3 is 3.07 bits per heavy atom. The van der Waals surface area contributed by atoms with Crippen LogP contribution in [-0.2, 0) is 6.42 Å². The topological polar surface area (TPSA) is 9.23 Å². The molecule has 74 valence electrons. The van der Waals surface area contributed by atoms with E-state index in [-0.39, 0.29) is 0 Å². The van der Waals surface area contributed by atoms with Gasteiger partial charge in [-0.15, -0.1) is 0 Å². The molecule has 0 unspecified atom stereocenters. The smallest absolute Gasteiger partial charge is 0.119 e. The first-order valence-electron chi connectivity index (χ1n) is 4.93. The van der Waals surface area contributed by atoms with Crippen molar-refractivity contribution in [2.45, 2.75) is 19.8 Å². The Labute approximate surface area is 92.9 Å². The van der Waals surface area contributed by atoms with Crippen molar-refractivity contribution in [2.24, 2.45) is 0 Å². The van der Waals surface area contributed by atoms with E-state index >= 15 is 0 Å². The van der Waals surface area contributed by atoms with Gasteiger partial charge < -0.3 is 4.74 Å². The molecule has 0 radical (unpaired) electrons. The van der Waals surface area contributed by atoms with Crippen molar-refractivity contribution >= 4 is 20.4 Å². The molecule has 1 aromatic rings. The van der Waals surface area contributed by atoms with Crippen molar-refractivity contribution < 1.29 is 4.74 Å². The van der Waals surface area contributed by atoms with Crippen LogP contribution < -0.4 is 4.74 Å². The van der Waals surface area contributed by atoms with Crippen molar-refractivity contribution in [1.29, 1.82) is 0 Å². The summed E-state index contributed by atoms with van der Waals surface area (Å²) >= 11 is 3.57. The number of hydrogen-bond donors (Lipinski definition) is 0. The standard InChI is InChI=1S/C12H13BrO/c1-2-14-10-6-7-11-9(8-10)4-3-5-12(11)13/h5-8H,2-4H2,1H3. The zero-order valence-electron chi connectivity index (χ0n) is 8.22. The normalized spacial score (nSPS) is 14.6. The maximum atomic E-state index is 5.47. The molecule has 1 aliphatic rings. The Balaban J connectivity index is 2.36. The molecule has 2 heteroatoms. The summed E-state index contributed by atoms with van der Waals surface area (Å²) < 4.78 is 6.68. The number of aryl methyl sites for hydroxylation is 1. The third kappa shape index (κ3) is 1.85. The SMILES string of the molecule is CCOc1ccc2c(c1)CCC=C2Br. The fourth-order valence-electron chi connectivity index (χ4n) is 1.73.